The van der Waals surface area contributed by atoms with Gasteiger partial charge < -0.3 is 5.11 Å². The normalized spacial score (nSPS) is 19.2. The molecule has 1 aliphatic carbocycles. The summed E-state index contributed by atoms with van der Waals surface area (Å²) in [7, 11) is 0. The summed E-state index contributed by atoms with van der Waals surface area (Å²) in [5, 5.41) is 9.56. The van der Waals surface area contributed by atoms with Crippen LogP contribution in [0.25, 0.3) is 6.08 Å². The minimum absolute atomic E-state index is 0.236. The number of benzene rings is 1. The highest BCUT2D eigenvalue weighted by molar-refractivity contribution is 5.49. The first-order chi connectivity index (χ1) is 6.36. The first-order valence-corrected chi connectivity index (χ1v) is 4.77. The molecule has 1 fully saturated rings. The first kappa shape index (κ1) is 8.52. The molecule has 1 aromatic rings. The summed E-state index contributed by atoms with van der Waals surface area (Å²) in [5.41, 5.74) is 1.15. The van der Waals surface area contributed by atoms with Crippen molar-refractivity contribution >= 4 is 6.08 Å². The largest absolute Gasteiger partial charge is 0.389 e. The summed E-state index contributed by atoms with van der Waals surface area (Å²) < 4.78 is 0. The first-order valence-electron chi connectivity index (χ1n) is 4.77. The van der Waals surface area contributed by atoms with Crippen LogP contribution in [0.2, 0.25) is 0 Å². The zero-order valence-corrected chi connectivity index (χ0v) is 7.56. The van der Waals surface area contributed by atoms with E-state index in [1.165, 1.54) is 12.8 Å². The van der Waals surface area contributed by atoms with Gasteiger partial charge in [-0.1, -0.05) is 42.5 Å². The Hall–Kier alpha value is -1.08. The van der Waals surface area contributed by atoms with Gasteiger partial charge in [0, 0.05) is 0 Å². The molecule has 1 saturated carbocycles. The van der Waals surface area contributed by atoms with Crippen LogP contribution >= 0.6 is 0 Å². The van der Waals surface area contributed by atoms with Crippen molar-refractivity contribution < 1.29 is 5.11 Å². The van der Waals surface area contributed by atoms with Gasteiger partial charge >= 0.3 is 0 Å². The fourth-order valence-electron chi connectivity index (χ4n) is 1.37. The van der Waals surface area contributed by atoms with Crippen molar-refractivity contribution in [2.24, 2.45) is 5.92 Å². The third-order valence-electron chi connectivity index (χ3n) is 2.39. The predicted octanol–water partition coefficient (Wildman–Crippen LogP) is 2.47. The molecule has 1 heteroatoms. The van der Waals surface area contributed by atoms with E-state index in [4.69, 9.17) is 0 Å². The van der Waals surface area contributed by atoms with E-state index in [0.717, 1.165) is 5.56 Å². The summed E-state index contributed by atoms with van der Waals surface area (Å²) in [6.07, 6.45) is 6.01. The molecule has 0 radical (unpaired) electrons. The van der Waals surface area contributed by atoms with E-state index >= 15 is 0 Å². The average Bonchev–Trinajstić information content (AvgIpc) is 2.99. The molecule has 1 N–H and O–H groups in total. The lowest BCUT2D eigenvalue weighted by atomic mass is 10.1. The van der Waals surface area contributed by atoms with Gasteiger partial charge in [-0.3, -0.25) is 0 Å². The fraction of sp³-hybridized carbons (Fsp3) is 0.333. The molecule has 0 amide bonds. The maximum absolute atomic E-state index is 9.56. The highest BCUT2D eigenvalue weighted by atomic mass is 16.3. The van der Waals surface area contributed by atoms with Gasteiger partial charge in [0.05, 0.1) is 6.10 Å². The molecule has 0 unspecified atom stereocenters. The number of aliphatic hydroxyl groups is 1. The van der Waals surface area contributed by atoms with Crippen molar-refractivity contribution in [3.05, 3.63) is 42.0 Å². The standard InChI is InChI=1S/C12H14O/c13-12(11-7-8-11)9-6-10-4-2-1-3-5-10/h1-6,9,11-13H,7-8H2/b9-6+/t12-/m1/s1. The molecule has 0 aromatic heterocycles. The lowest BCUT2D eigenvalue weighted by Crippen LogP contribution is -2.03. The van der Waals surface area contributed by atoms with Crippen LogP contribution in [0.15, 0.2) is 36.4 Å². The maximum Gasteiger partial charge on any atom is 0.0752 e. The molecule has 0 bridgehead atoms. The van der Waals surface area contributed by atoms with Crippen LogP contribution in [-0.4, -0.2) is 11.2 Å². The molecule has 0 heterocycles. The topological polar surface area (TPSA) is 20.2 Å². The lowest BCUT2D eigenvalue weighted by molar-refractivity contribution is 0.200. The van der Waals surface area contributed by atoms with Crippen molar-refractivity contribution in [1.82, 2.24) is 0 Å². The van der Waals surface area contributed by atoms with Crippen molar-refractivity contribution in [2.75, 3.05) is 0 Å². The second-order valence-electron chi connectivity index (χ2n) is 3.60. The Morgan fingerprint density at radius 1 is 1.23 bits per heavy atom. The molecule has 1 atom stereocenters. The molecular weight excluding hydrogens is 160 g/mol. The van der Waals surface area contributed by atoms with Crippen LogP contribution in [-0.2, 0) is 0 Å². The molecule has 68 valence electrons. The molecule has 0 saturated heterocycles. The molecule has 2 rings (SSSR count). The third-order valence-corrected chi connectivity index (χ3v) is 2.39. The Kier molecular flexibility index (Phi) is 2.46. The third kappa shape index (κ3) is 2.43. The summed E-state index contributed by atoms with van der Waals surface area (Å²) in [6.45, 7) is 0. The van der Waals surface area contributed by atoms with Gasteiger partial charge in [0.15, 0.2) is 0 Å². The molecule has 1 aliphatic rings. The predicted molar refractivity (Wildman–Crippen MR) is 54.2 cm³/mol. The maximum atomic E-state index is 9.56. The minimum Gasteiger partial charge on any atom is -0.389 e. The Morgan fingerprint density at radius 3 is 2.54 bits per heavy atom. The van der Waals surface area contributed by atoms with E-state index in [9.17, 15) is 5.11 Å². The fourth-order valence-corrected chi connectivity index (χ4v) is 1.37. The lowest BCUT2D eigenvalue weighted by Gasteiger charge is -2.00. The van der Waals surface area contributed by atoms with Crippen LogP contribution in [0, 0.1) is 5.92 Å². The molecule has 13 heavy (non-hydrogen) atoms. The smallest absolute Gasteiger partial charge is 0.0752 e. The Balaban J connectivity index is 1.96. The molecular formula is C12H14O. The van der Waals surface area contributed by atoms with Crippen LogP contribution < -0.4 is 0 Å². The van der Waals surface area contributed by atoms with Gasteiger partial charge in [-0.05, 0) is 24.3 Å². The number of hydrogen-bond donors (Lipinski definition) is 1. The van der Waals surface area contributed by atoms with Crippen LogP contribution in [0.5, 0.6) is 0 Å². The van der Waals surface area contributed by atoms with E-state index in [2.05, 4.69) is 0 Å². The van der Waals surface area contributed by atoms with Crippen molar-refractivity contribution in [1.29, 1.82) is 0 Å². The highest BCUT2D eigenvalue weighted by Gasteiger charge is 2.27. The Bertz CT molecular complexity index is 285. The van der Waals surface area contributed by atoms with Crippen molar-refractivity contribution in [3.8, 4) is 0 Å². The second kappa shape index (κ2) is 3.75. The van der Waals surface area contributed by atoms with Gasteiger partial charge in [-0.2, -0.15) is 0 Å². The molecule has 1 nitrogen and oxygen atoms in total. The van der Waals surface area contributed by atoms with Crippen molar-refractivity contribution in [3.63, 3.8) is 0 Å². The van der Waals surface area contributed by atoms with Crippen LogP contribution in [0.1, 0.15) is 18.4 Å². The van der Waals surface area contributed by atoms with Gasteiger partial charge in [0.2, 0.25) is 0 Å². The van der Waals surface area contributed by atoms with Gasteiger partial charge in [-0.25, -0.2) is 0 Å². The van der Waals surface area contributed by atoms with E-state index < -0.39 is 0 Å². The highest BCUT2D eigenvalue weighted by Crippen LogP contribution is 2.33. The summed E-state index contributed by atoms with van der Waals surface area (Å²) >= 11 is 0. The van der Waals surface area contributed by atoms with E-state index in [1.807, 2.05) is 42.5 Å². The number of hydrogen-bond acceptors (Lipinski definition) is 1. The van der Waals surface area contributed by atoms with Gasteiger partial charge in [0.25, 0.3) is 0 Å². The van der Waals surface area contributed by atoms with E-state index in [0.29, 0.717) is 5.92 Å². The summed E-state index contributed by atoms with van der Waals surface area (Å²) in [4.78, 5) is 0. The van der Waals surface area contributed by atoms with E-state index in [1.54, 1.807) is 0 Å². The second-order valence-corrected chi connectivity index (χ2v) is 3.60. The van der Waals surface area contributed by atoms with E-state index in [-0.39, 0.29) is 6.10 Å². The summed E-state index contributed by atoms with van der Waals surface area (Å²) in [6, 6.07) is 10.1. The minimum atomic E-state index is -0.236. The monoisotopic (exact) mass is 174 g/mol. The van der Waals surface area contributed by atoms with Crippen LogP contribution in [0.3, 0.4) is 0 Å². The van der Waals surface area contributed by atoms with Gasteiger partial charge in [-0.15, -0.1) is 0 Å². The average molecular weight is 174 g/mol. The number of aliphatic hydroxyl groups excluding tert-OH is 1. The van der Waals surface area contributed by atoms with Gasteiger partial charge in [0.1, 0.15) is 0 Å². The molecule has 0 aliphatic heterocycles. The Labute approximate surface area is 78.7 Å². The zero-order chi connectivity index (χ0) is 9.10. The van der Waals surface area contributed by atoms with Crippen LogP contribution in [0.4, 0.5) is 0 Å². The Morgan fingerprint density at radius 2 is 1.92 bits per heavy atom. The summed E-state index contributed by atoms with van der Waals surface area (Å²) in [5.74, 6) is 0.528. The number of rotatable bonds is 3. The zero-order valence-electron chi connectivity index (χ0n) is 7.56. The SMILES string of the molecule is O[C@H](/C=C/c1ccccc1)C1CC1. The quantitative estimate of drug-likeness (QED) is 0.746. The molecule has 1 aromatic carbocycles. The molecule has 0 spiro atoms. The van der Waals surface area contributed by atoms with Crippen molar-refractivity contribution in [2.45, 2.75) is 18.9 Å².